The van der Waals surface area contributed by atoms with Gasteiger partial charge in [-0.1, -0.05) is 11.6 Å². The van der Waals surface area contributed by atoms with E-state index in [1.54, 1.807) is 0 Å². The van der Waals surface area contributed by atoms with Gasteiger partial charge >= 0.3 is 5.97 Å². The molecule has 0 aliphatic rings. The number of ether oxygens (including phenoxy) is 1. The first-order chi connectivity index (χ1) is 6.17. The van der Waals surface area contributed by atoms with Gasteiger partial charge in [0.05, 0.1) is 7.11 Å². The molecule has 68 valence electrons. The number of methoxy groups -OCH3 is 1. The maximum Gasteiger partial charge on any atom is 0.356 e. The van der Waals surface area contributed by atoms with Gasteiger partial charge in [0, 0.05) is 5.56 Å². The zero-order valence-corrected chi connectivity index (χ0v) is 7.54. The third-order valence-electron chi connectivity index (χ3n) is 1.35. The standard InChI is InChI=1S/C8H6ClNO3/c1-13-8(12)6-2-5(4-11)3-7(9)10-6/h2-4H,1H3. The zero-order chi connectivity index (χ0) is 9.84. The molecule has 0 bridgehead atoms. The number of hydrogen-bond acceptors (Lipinski definition) is 4. The van der Waals surface area contributed by atoms with Crippen molar-refractivity contribution in [3.05, 3.63) is 28.5 Å². The summed E-state index contributed by atoms with van der Waals surface area (Å²) in [5.74, 6) is -0.620. The van der Waals surface area contributed by atoms with Gasteiger partial charge in [0.15, 0.2) is 5.69 Å². The minimum atomic E-state index is -0.620. The molecule has 0 amide bonds. The Morgan fingerprint density at radius 3 is 2.85 bits per heavy atom. The molecule has 1 heterocycles. The largest absolute Gasteiger partial charge is 0.464 e. The minimum absolute atomic E-state index is 0.0251. The molecule has 1 aromatic rings. The molecule has 0 unspecified atom stereocenters. The van der Waals surface area contributed by atoms with E-state index in [2.05, 4.69) is 9.72 Å². The van der Waals surface area contributed by atoms with Crippen molar-refractivity contribution in [2.75, 3.05) is 7.11 Å². The Morgan fingerprint density at radius 1 is 1.62 bits per heavy atom. The summed E-state index contributed by atoms with van der Waals surface area (Å²) in [6.45, 7) is 0. The third-order valence-corrected chi connectivity index (χ3v) is 1.54. The van der Waals surface area contributed by atoms with Gasteiger partial charge in [0.25, 0.3) is 0 Å². The summed E-state index contributed by atoms with van der Waals surface area (Å²) in [4.78, 5) is 25.0. The van der Waals surface area contributed by atoms with E-state index in [1.807, 2.05) is 0 Å². The zero-order valence-electron chi connectivity index (χ0n) is 6.78. The molecule has 0 spiro atoms. The maximum absolute atomic E-state index is 11.0. The highest BCUT2D eigenvalue weighted by molar-refractivity contribution is 6.29. The molecule has 13 heavy (non-hydrogen) atoms. The van der Waals surface area contributed by atoms with Gasteiger partial charge in [-0.3, -0.25) is 4.79 Å². The quantitative estimate of drug-likeness (QED) is 0.410. The molecule has 0 radical (unpaired) electrons. The summed E-state index contributed by atoms with van der Waals surface area (Å²) in [5, 5.41) is 0.0880. The Hall–Kier alpha value is -1.42. The number of aromatic nitrogens is 1. The van der Waals surface area contributed by atoms with Crippen molar-refractivity contribution in [2.45, 2.75) is 0 Å². The predicted molar refractivity (Wildman–Crippen MR) is 46.0 cm³/mol. The molecule has 5 heteroatoms. The van der Waals surface area contributed by atoms with Crippen molar-refractivity contribution >= 4 is 23.9 Å². The first-order valence-electron chi connectivity index (χ1n) is 3.38. The highest BCUT2D eigenvalue weighted by Crippen LogP contribution is 2.09. The summed E-state index contributed by atoms with van der Waals surface area (Å²) >= 11 is 5.55. The fraction of sp³-hybridized carbons (Fsp3) is 0.125. The third kappa shape index (κ3) is 2.26. The minimum Gasteiger partial charge on any atom is -0.464 e. The van der Waals surface area contributed by atoms with Crippen LogP contribution in [0.15, 0.2) is 12.1 Å². The van der Waals surface area contributed by atoms with Crippen LogP contribution in [0.5, 0.6) is 0 Å². The highest BCUT2D eigenvalue weighted by atomic mass is 35.5. The van der Waals surface area contributed by atoms with E-state index in [1.165, 1.54) is 19.2 Å². The number of aldehydes is 1. The molecule has 0 aromatic carbocycles. The molecule has 1 aromatic heterocycles. The van der Waals surface area contributed by atoms with Crippen LogP contribution >= 0.6 is 11.6 Å². The second-order valence-corrected chi connectivity index (χ2v) is 2.61. The predicted octanol–water partition coefficient (Wildman–Crippen LogP) is 1.33. The Morgan fingerprint density at radius 2 is 2.31 bits per heavy atom. The number of carbonyl (C=O) groups is 2. The average Bonchev–Trinajstić information content (AvgIpc) is 2.15. The number of carbonyl (C=O) groups excluding carboxylic acids is 2. The lowest BCUT2D eigenvalue weighted by Crippen LogP contribution is -2.05. The van der Waals surface area contributed by atoms with E-state index in [4.69, 9.17) is 11.6 Å². The van der Waals surface area contributed by atoms with Crippen molar-refractivity contribution in [2.24, 2.45) is 0 Å². The summed E-state index contributed by atoms with van der Waals surface area (Å²) in [6.07, 6.45) is 0.583. The molecule has 0 aliphatic heterocycles. The molecule has 4 nitrogen and oxygen atoms in total. The van der Waals surface area contributed by atoms with Crippen LogP contribution in [0.25, 0.3) is 0 Å². The van der Waals surface area contributed by atoms with Crippen molar-refractivity contribution in [3.63, 3.8) is 0 Å². The van der Waals surface area contributed by atoms with E-state index in [9.17, 15) is 9.59 Å². The molecular weight excluding hydrogens is 194 g/mol. The van der Waals surface area contributed by atoms with Crippen LogP contribution in [0.2, 0.25) is 5.15 Å². The Balaban J connectivity index is 3.15. The van der Waals surface area contributed by atoms with Crippen molar-refractivity contribution in [3.8, 4) is 0 Å². The fourth-order valence-electron chi connectivity index (χ4n) is 0.794. The maximum atomic E-state index is 11.0. The molecular formula is C8H6ClNO3. The molecule has 0 atom stereocenters. The van der Waals surface area contributed by atoms with E-state index in [-0.39, 0.29) is 10.8 Å². The van der Waals surface area contributed by atoms with Gasteiger partial charge < -0.3 is 4.74 Å². The van der Waals surface area contributed by atoms with Crippen LogP contribution in [-0.4, -0.2) is 24.3 Å². The van der Waals surface area contributed by atoms with Crippen LogP contribution in [0.3, 0.4) is 0 Å². The molecule has 1 rings (SSSR count). The van der Waals surface area contributed by atoms with Crippen LogP contribution in [0, 0.1) is 0 Å². The number of rotatable bonds is 2. The molecule has 0 saturated heterocycles. The first kappa shape index (κ1) is 9.67. The van der Waals surface area contributed by atoms with Gasteiger partial charge in [0.1, 0.15) is 11.4 Å². The van der Waals surface area contributed by atoms with Gasteiger partial charge in [-0.05, 0) is 12.1 Å². The smallest absolute Gasteiger partial charge is 0.356 e. The van der Waals surface area contributed by atoms with E-state index < -0.39 is 5.97 Å². The van der Waals surface area contributed by atoms with Gasteiger partial charge in [-0.2, -0.15) is 0 Å². The summed E-state index contributed by atoms with van der Waals surface area (Å²) in [7, 11) is 1.23. The van der Waals surface area contributed by atoms with Crippen molar-refractivity contribution in [1.82, 2.24) is 4.98 Å². The topological polar surface area (TPSA) is 56.3 Å². The van der Waals surface area contributed by atoms with Gasteiger partial charge in [0.2, 0.25) is 0 Å². The highest BCUT2D eigenvalue weighted by Gasteiger charge is 2.09. The van der Waals surface area contributed by atoms with Gasteiger partial charge in [-0.25, -0.2) is 9.78 Å². The lowest BCUT2D eigenvalue weighted by atomic mass is 10.2. The van der Waals surface area contributed by atoms with Crippen molar-refractivity contribution in [1.29, 1.82) is 0 Å². The van der Waals surface area contributed by atoms with E-state index in [0.717, 1.165) is 0 Å². The van der Waals surface area contributed by atoms with E-state index in [0.29, 0.717) is 11.8 Å². The monoisotopic (exact) mass is 199 g/mol. The molecule has 0 fully saturated rings. The summed E-state index contributed by atoms with van der Waals surface area (Å²) in [5.41, 5.74) is 0.317. The van der Waals surface area contributed by atoms with Gasteiger partial charge in [-0.15, -0.1) is 0 Å². The van der Waals surface area contributed by atoms with Crippen molar-refractivity contribution < 1.29 is 14.3 Å². The number of esters is 1. The molecule has 0 aliphatic carbocycles. The Kier molecular flexibility index (Phi) is 2.97. The normalized spacial score (nSPS) is 9.38. The fourth-order valence-corrected chi connectivity index (χ4v) is 1.01. The molecule has 0 N–H and O–H groups in total. The number of hydrogen-bond donors (Lipinski definition) is 0. The molecule has 0 saturated carbocycles. The lowest BCUT2D eigenvalue weighted by Gasteiger charge is -1.99. The lowest BCUT2D eigenvalue weighted by molar-refractivity contribution is 0.0594. The Labute approximate surface area is 79.5 Å². The summed E-state index contributed by atoms with van der Waals surface area (Å²) in [6, 6.07) is 2.67. The van der Waals surface area contributed by atoms with E-state index >= 15 is 0 Å². The average molecular weight is 200 g/mol. The van der Waals surface area contributed by atoms with Crippen LogP contribution in [0.4, 0.5) is 0 Å². The Bertz CT molecular complexity index is 351. The first-order valence-corrected chi connectivity index (χ1v) is 3.76. The van der Waals surface area contributed by atoms with Crippen LogP contribution < -0.4 is 0 Å². The summed E-state index contributed by atoms with van der Waals surface area (Å²) < 4.78 is 4.41. The second-order valence-electron chi connectivity index (χ2n) is 2.22. The second kappa shape index (κ2) is 4.00. The number of halogens is 1. The number of pyridine rings is 1. The van der Waals surface area contributed by atoms with Crippen LogP contribution in [0.1, 0.15) is 20.8 Å². The van der Waals surface area contributed by atoms with Crippen LogP contribution in [-0.2, 0) is 4.74 Å². The number of nitrogens with zero attached hydrogens (tertiary/aromatic N) is 1. The SMILES string of the molecule is COC(=O)c1cc(C=O)cc(Cl)n1.